The van der Waals surface area contributed by atoms with Crippen molar-refractivity contribution in [2.75, 3.05) is 5.43 Å². The molecule has 2 rings (SSSR count). The standard InChI is InChI=1S/C15H18N4O/c1-10-7-13(19-16)5-6-14(10)15(20)18-9-12-4-3-11(2)17-8-12/h3-8,19H,9,16H2,1-2H3,(H,18,20). The summed E-state index contributed by atoms with van der Waals surface area (Å²) in [5.74, 6) is 5.23. The van der Waals surface area contributed by atoms with Crippen LogP contribution in [0.1, 0.15) is 27.2 Å². The molecule has 1 aromatic carbocycles. The second kappa shape index (κ2) is 6.16. The molecule has 20 heavy (non-hydrogen) atoms. The van der Waals surface area contributed by atoms with Crippen molar-refractivity contribution in [3.05, 3.63) is 58.9 Å². The third kappa shape index (κ3) is 3.33. The first-order chi connectivity index (χ1) is 9.60. The average Bonchev–Trinajstić information content (AvgIpc) is 2.46. The van der Waals surface area contributed by atoms with Crippen molar-refractivity contribution in [1.82, 2.24) is 10.3 Å². The van der Waals surface area contributed by atoms with Crippen LogP contribution in [0, 0.1) is 13.8 Å². The van der Waals surface area contributed by atoms with E-state index in [1.165, 1.54) is 0 Å². The Labute approximate surface area is 118 Å². The Hall–Kier alpha value is -2.40. The Bertz CT molecular complexity index is 608. The largest absolute Gasteiger partial charge is 0.348 e. The van der Waals surface area contributed by atoms with Gasteiger partial charge >= 0.3 is 0 Å². The van der Waals surface area contributed by atoms with E-state index < -0.39 is 0 Å². The van der Waals surface area contributed by atoms with Crippen molar-refractivity contribution >= 4 is 11.6 Å². The SMILES string of the molecule is Cc1ccc(CNC(=O)c2ccc(NN)cc2C)cn1. The van der Waals surface area contributed by atoms with Crippen LogP contribution in [0.4, 0.5) is 5.69 Å². The van der Waals surface area contributed by atoms with Crippen LogP contribution in [-0.2, 0) is 6.54 Å². The molecule has 104 valence electrons. The highest BCUT2D eigenvalue weighted by atomic mass is 16.1. The van der Waals surface area contributed by atoms with Gasteiger partial charge in [-0.15, -0.1) is 0 Å². The van der Waals surface area contributed by atoms with Gasteiger partial charge < -0.3 is 10.7 Å². The Morgan fingerprint density at radius 1 is 1.25 bits per heavy atom. The van der Waals surface area contributed by atoms with Crippen molar-refractivity contribution in [2.24, 2.45) is 5.84 Å². The summed E-state index contributed by atoms with van der Waals surface area (Å²) in [4.78, 5) is 16.3. The molecule has 5 nitrogen and oxygen atoms in total. The minimum Gasteiger partial charge on any atom is -0.348 e. The number of anilines is 1. The Kier molecular flexibility index (Phi) is 4.32. The average molecular weight is 270 g/mol. The molecule has 1 heterocycles. The lowest BCUT2D eigenvalue weighted by Gasteiger charge is -2.09. The first-order valence-electron chi connectivity index (χ1n) is 6.37. The molecule has 1 aromatic heterocycles. The molecule has 0 aliphatic rings. The first-order valence-corrected chi connectivity index (χ1v) is 6.37. The number of amides is 1. The molecular weight excluding hydrogens is 252 g/mol. The summed E-state index contributed by atoms with van der Waals surface area (Å²) in [5, 5.41) is 2.88. The van der Waals surface area contributed by atoms with Gasteiger partial charge in [-0.05, 0) is 49.2 Å². The number of nitrogens with zero attached hydrogens (tertiary/aromatic N) is 1. The Morgan fingerprint density at radius 2 is 2.05 bits per heavy atom. The number of benzene rings is 1. The molecule has 0 aliphatic heterocycles. The number of aromatic nitrogens is 1. The summed E-state index contributed by atoms with van der Waals surface area (Å²) in [5.41, 5.74) is 6.79. The van der Waals surface area contributed by atoms with E-state index >= 15 is 0 Å². The number of pyridine rings is 1. The third-order valence-corrected chi connectivity index (χ3v) is 3.06. The van der Waals surface area contributed by atoms with Gasteiger partial charge in [0.2, 0.25) is 0 Å². The van der Waals surface area contributed by atoms with Crippen LogP contribution >= 0.6 is 0 Å². The van der Waals surface area contributed by atoms with E-state index in [2.05, 4.69) is 15.7 Å². The summed E-state index contributed by atoms with van der Waals surface area (Å²) >= 11 is 0. The molecule has 0 saturated carbocycles. The molecular formula is C15H18N4O. The summed E-state index contributed by atoms with van der Waals surface area (Å²) in [6.45, 7) is 4.27. The van der Waals surface area contributed by atoms with E-state index in [9.17, 15) is 4.79 Å². The Morgan fingerprint density at radius 3 is 2.65 bits per heavy atom. The van der Waals surface area contributed by atoms with E-state index in [0.717, 1.165) is 22.5 Å². The number of aryl methyl sites for hydroxylation is 2. The molecule has 0 aliphatic carbocycles. The quantitative estimate of drug-likeness (QED) is 0.585. The van der Waals surface area contributed by atoms with Crippen LogP contribution in [-0.4, -0.2) is 10.9 Å². The maximum Gasteiger partial charge on any atom is 0.251 e. The van der Waals surface area contributed by atoms with Crippen molar-refractivity contribution in [2.45, 2.75) is 20.4 Å². The van der Waals surface area contributed by atoms with Crippen LogP contribution in [0.2, 0.25) is 0 Å². The van der Waals surface area contributed by atoms with Gasteiger partial charge in [0.15, 0.2) is 0 Å². The van der Waals surface area contributed by atoms with Gasteiger partial charge in [0, 0.05) is 29.7 Å². The fraction of sp³-hybridized carbons (Fsp3) is 0.200. The van der Waals surface area contributed by atoms with Crippen LogP contribution in [0.15, 0.2) is 36.5 Å². The van der Waals surface area contributed by atoms with Crippen molar-refractivity contribution in [1.29, 1.82) is 0 Å². The lowest BCUT2D eigenvalue weighted by Crippen LogP contribution is -2.23. The van der Waals surface area contributed by atoms with Crippen molar-refractivity contribution in [3.63, 3.8) is 0 Å². The molecule has 1 amide bonds. The third-order valence-electron chi connectivity index (χ3n) is 3.06. The van der Waals surface area contributed by atoms with Gasteiger partial charge in [0.05, 0.1) is 0 Å². The number of carbonyl (C=O) groups excluding carboxylic acids is 1. The van der Waals surface area contributed by atoms with Gasteiger partial charge in [-0.25, -0.2) is 0 Å². The van der Waals surface area contributed by atoms with E-state index in [1.807, 2.05) is 32.0 Å². The van der Waals surface area contributed by atoms with Crippen LogP contribution in [0.5, 0.6) is 0 Å². The normalized spacial score (nSPS) is 10.2. The van der Waals surface area contributed by atoms with Crippen molar-refractivity contribution in [3.8, 4) is 0 Å². The predicted molar refractivity (Wildman–Crippen MR) is 79.1 cm³/mol. The molecule has 4 N–H and O–H groups in total. The summed E-state index contributed by atoms with van der Waals surface area (Å²) in [7, 11) is 0. The minimum atomic E-state index is -0.105. The maximum atomic E-state index is 12.1. The highest BCUT2D eigenvalue weighted by molar-refractivity contribution is 5.96. The lowest BCUT2D eigenvalue weighted by atomic mass is 10.1. The lowest BCUT2D eigenvalue weighted by molar-refractivity contribution is 0.0950. The monoisotopic (exact) mass is 270 g/mol. The number of rotatable bonds is 4. The number of hydrogen-bond donors (Lipinski definition) is 3. The van der Waals surface area contributed by atoms with E-state index in [1.54, 1.807) is 18.3 Å². The van der Waals surface area contributed by atoms with Gasteiger partial charge in [0.1, 0.15) is 0 Å². The fourth-order valence-corrected chi connectivity index (χ4v) is 1.89. The molecule has 2 aromatic rings. The maximum absolute atomic E-state index is 12.1. The summed E-state index contributed by atoms with van der Waals surface area (Å²) in [6, 6.07) is 9.25. The molecule has 0 unspecified atom stereocenters. The van der Waals surface area contributed by atoms with Gasteiger partial charge in [-0.3, -0.25) is 15.6 Å². The zero-order valence-corrected chi connectivity index (χ0v) is 11.6. The Balaban J connectivity index is 2.03. The highest BCUT2D eigenvalue weighted by Gasteiger charge is 2.09. The molecule has 0 spiro atoms. The number of hydrazine groups is 1. The van der Waals surface area contributed by atoms with Gasteiger partial charge in [0.25, 0.3) is 5.91 Å². The van der Waals surface area contributed by atoms with E-state index in [4.69, 9.17) is 5.84 Å². The summed E-state index contributed by atoms with van der Waals surface area (Å²) < 4.78 is 0. The molecule has 0 fully saturated rings. The van der Waals surface area contributed by atoms with Crippen LogP contribution < -0.4 is 16.6 Å². The minimum absolute atomic E-state index is 0.105. The van der Waals surface area contributed by atoms with Gasteiger partial charge in [-0.2, -0.15) is 0 Å². The van der Waals surface area contributed by atoms with E-state index in [0.29, 0.717) is 12.1 Å². The molecule has 5 heteroatoms. The number of hydrogen-bond acceptors (Lipinski definition) is 4. The fourth-order valence-electron chi connectivity index (χ4n) is 1.89. The second-order valence-electron chi connectivity index (χ2n) is 4.66. The smallest absolute Gasteiger partial charge is 0.251 e. The van der Waals surface area contributed by atoms with E-state index in [-0.39, 0.29) is 5.91 Å². The number of carbonyl (C=O) groups is 1. The van der Waals surface area contributed by atoms with Crippen molar-refractivity contribution < 1.29 is 4.79 Å². The van der Waals surface area contributed by atoms with Crippen LogP contribution in [0.25, 0.3) is 0 Å². The highest BCUT2D eigenvalue weighted by Crippen LogP contribution is 2.14. The zero-order chi connectivity index (χ0) is 14.5. The molecule has 0 saturated heterocycles. The first kappa shape index (κ1) is 14.0. The molecule has 0 bridgehead atoms. The predicted octanol–water partition coefficient (Wildman–Crippen LogP) is 1.91. The number of nitrogen functional groups attached to an aromatic ring is 1. The van der Waals surface area contributed by atoms with Crippen LogP contribution in [0.3, 0.4) is 0 Å². The molecule has 0 atom stereocenters. The number of nitrogens with two attached hydrogens (primary N) is 1. The molecule has 0 radical (unpaired) electrons. The van der Waals surface area contributed by atoms with Gasteiger partial charge in [-0.1, -0.05) is 6.07 Å². The summed E-state index contributed by atoms with van der Waals surface area (Å²) in [6.07, 6.45) is 1.77. The number of nitrogens with one attached hydrogen (secondary N) is 2. The topological polar surface area (TPSA) is 80.0 Å². The zero-order valence-electron chi connectivity index (χ0n) is 11.6. The second-order valence-corrected chi connectivity index (χ2v) is 4.66.